The number of nitrogens with zero attached hydrogens (tertiary/aromatic N) is 4. The van der Waals surface area contributed by atoms with Crippen LogP contribution in [0.4, 0.5) is 5.69 Å². The molecule has 6 N–H and O–H groups in total. The number of likely N-dealkylation sites (tertiary alicyclic amines) is 1. The molecule has 1 aliphatic heterocycles. The van der Waals surface area contributed by atoms with Gasteiger partial charge in [-0.05, 0) is 47.4 Å². The summed E-state index contributed by atoms with van der Waals surface area (Å²) >= 11 is -0.737. The average molecular weight is 583 g/mol. The number of rotatable bonds is 7. The number of nitrogens with two attached hydrogens (primary N) is 2. The van der Waals surface area contributed by atoms with Crippen LogP contribution in [0, 0.1) is 6.92 Å². The van der Waals surface area contributed by atoms with Gasteiger partial charge in [-0.2, -0.15) is 5.10 Å². The highest BCUT2D eigenvalue weighted by Gasteiger charge is 2.25. The summed E-state index contributed by atoms with van der Waals surface area (Å²) in [6, 6.07) is 18.1. The van der Waals surface area contributed by atoms with Gasteiger partial charge in [0.2, 0.25) is 0 Å². The van der Waals surface area contributed by atoms with Crippen LogP contribution < -0.4 is 22.3 Å². The first-order valence-corrected chi connectivity index (χ1v) is 15.5. The number of fused-ring (bicyclic) bond motifs is 3. The van der Waals surface area contributed by atoms with Gasteiger partial charge in [-0.3, -0.25) is 14.7 Å². The van der Waals surface area contributed by atoms with Gasteiger partial charge in [0.1, 0.15) is 17.2 Å². The van der Waals surface area contributed by atoms with Crippen LogP contribution in [0.15, 0.2) is 70.7 Å². The number of aromatic nitrogens is 3. The standard InChI is InChI=1S/C31H34N8O2S/c1-19-28(22-7-9-23(10-8-22)39(33)18-35-32)31(40)37-27-16-34-30-25(29(19)27)15-26(36-30)21-5-3-20(4-6-21)17-38-13-11-24(12-14-38)42(2)41/h3-10,15-16,18,24H,11-14,17,32-33H2,1-2H3,(H,34,36)(H,37,40)/b35-18-. The summed E-state index contributed by atoms with van der Waals surface area (Å²) in [6.45, 7) is 4.82. The molecule has 0 amide bonds. The molecule has 216 valence electrons. The van der Waals surface area contributed by atoms with Crippen LogP contribution in [0.1, 0.15) is 24.0 Å². The molecule has 10 nitrogen and oxygen atoms in total. The van der Waals surface area contributed by atoms with Crippen LogP contribution in [0.3, 0.4) is 0 Å². The second kappa shape index (κ2) is 11.6. The highest BCUT2D eigenvalue weighted by atomic mass is 32.2. The molecule has 4 heterocycles. The molecule has 1 atom stereocenters. The zero-order valence-corrected chi connectivity index (χ0v) is 24.4. The fourth-order valence-corrected chi connectivity index (χ4v) is 6.82. The third kappa shape index (κ3) is 5.39. The van der Waals surface area contributed by atoms with Crippen LogP contribution >= 0.6 is 0 Å². The van der Waals surface area contributed by atoms with E-state index in [1.807, 2.05) is 37.4 Å². The van der Waals surface area contributed by atoms with Crippen molar-refractivity contribution in [2.75, 3.05) is 24.4 Å². The highest BCUT2D eigenvalue weighted by Crippen LogP contribution is 2.33. The lowest BCUT2D eigenvalue weighted by Crippen LogP contribution is -2.38. The maximum absolute atomic E-state index is 13.2. The molecule has 1 fully saturated rings. The van der Waals surface area contributed by atoms with Crippen molar-refractivity contribution in [3.63, 3.8) is 0 Å². The minimum atomic E-state index is -0.737. The fourth-order valence-electron chi connectivity index (χ4n) is 5.94. The van der Waals surface area contributed by atoms with Crippen LogP contribution in [0.2, 0.25) is 0 Å². The second-order valence-corrected chi connectivity index (χ2v) is 12.5. The second-order valence-electron chi connectivity index (χ2n) is 10.8. The minimum absolute atomic E-state index is 0.180. The molecule has 11 heteroatoms. The zero-order valence-electron chi connectivity index (χ0n) is 23.6. The third-order valence-corrected chi connectivity index (χ3v) is 9.61. The van der Waals surface area contributed by atoms with Gasteiger partial charge in [0, 0.05) is 48.9 Å². The van der Waals surface area contributed by atoms with E-state index in [1.54, 1.807) is 6.20 Å². The summed E-state index contributed by atoms with van der Waals surface area (Å²) in [4.78, 5) is 26.7. The van der Waals surface area contributed by atoms with E-state index < -0.39 is 11.2 Å². The van der Waals surface area contributed by atoms with Crippen molar-refractivity contribution in [3.8, 4) is 22.4 Å². The van der Waals surface area contributed by atoms with E-state index in [-0.39, 0.29) is 5.56 Å². The van der Waals surface area contributed by atoms with E-state index in [0.717, 1.165) is 71.3 Å². The number of nitrogens with one attached hydrogen (secondary N) is 2. The number of H-pyrrole nitrogens is 2. The Morgan fingerprint density at radius 3 is 2.48 bits per heavy atom. The Morgan fingerprint density at radius 1 is 1.12 bits per heavy atom. The van der Waals surface area contributed by atoms with Gasteiger partial charge in [0.25, 0.3) is 5.56 Å². The Hall–Kier alpha value is -4.16. The Bertz CT molecular complexity index is 1800. The van der Waals surface area contributed by atoms with E-state index in [9.17, 15) is 9.35 Å². The molecule has 1 saturated heterocycles. The summed E-state index contributed by atoms with van der Waals surface area (Å²) < 4.78 is 11.8. The maximum atomic E-state index is 13.2. The van der Waals surface area contributed by atoms with Gasteiger partial charge < -0.3 is 20.4 Å². The van der Waals surface area contributed by atoms with Gasteiger partial charge >= 0.3 is 0 Å². The monoisotopic (exact) mass is 582 g/mol. The van der Waals surface area contributed by atoms with Crippen LogP contribution in [0.5, 0.6) is 0 Å². The third-order valence-electron chi connectivity index (χ3n) is 8.20. The number of pyridine rings is 2. The molecule has 1 unspecified atom stereocenters. The Kier molecular flexibility index (Phi) is 7.74. The van der Waals surface area contributed by atoms with E-state index in [0.29, 0.717) is 22.0 Å². The first kappa shape index (κ1) is 28.0. The fraction of sp³-hybridized carbons (Fsp3) is 0.258. The van der Waals surface area contributed by atoms with E-state index >= 15 is 0 Å². The Morgan fingerprint density at radius 2 is 1.81 bits per heavy atom. The summed E-state index contributed by atoms with van der Waals surface area (Å²) in [7, 11) is 0. The Labute approximate surface area is 246 Å². The van der Waals surface area contributed by atoms with Gasteiger partial charge in [-0.25, -0.2) is 10.8 Å². The lowest BCUT2D eigenvalue weighted by Gasteiger charge is -2.31. The summed E-state index contributed by atoms with van der Waals surface area (Å²) in [5.74, 6) is 11.1. The molecule has 0 bridgehead atoms. The average Bonchev–Trinajstić information content (AvgIpc) is 3.42. The molecule has 0 aliphatic carbocycles. The van der Waals surface area contributed by atoms with Crippen molar-refractivity contribution in [1.82, 2.24) is 19.9 Å². The van der Waals surface area contributed by atoms with Crippen molar-refractivity contribution >= 4 is 45.1 Å². The first-order valence-electron chi connectivity index (χ1n) is 13.9. The van der Waals surface area contributed by atoms with Crippen molar-refractivity contribution in [1.29, 1.82) is 0 Å². The molecule has 42 heavy (non-hydrogen) atoms. The molecule has 5 aromatic rings. The molecule has 0 radical (unpaired) electrons. The lowest BCUT2D eigenvalue weighted by atomic mass is 9.97. The summed E-state index contributed by atoms with van der Waals surface area (Å²) in [6.07, 6.45) is 6.82. The van der Waals surface area contributed by atoms with E-state index in [4.69, 9.17) is 11.7 Å². The predicted molar refractivity (Wildman–Crippen MR) is 172 cm³/mol. The number of hydrogen-bond acceptors (Lipinski definition) is 7. The van der Waals surface area contributed by atoms with E-state index in [1.165, 1.54) is 16.9 Å². The van der Waals surface area contributed by atoms with Crippen molar-refractivity contribution in [2.24, 2.45) is 16.8 Å². The number of hydrogen-bond donors (Lipinski definition) is 4. The molecule has 6 rings (SSSR count). The number of aromatic amines is 2. The molecule has 0 saturated carbocycles. The number of piperidine rings is 1. The lowest BCUT2D eigenvalue weighted by molar-refractivity contribution is 0.222. The number of aryl methyl sites for hydroxylation is 1. The smallest absolute Gasteiger partial charge is 0.256 e. The minimum Gasteiger partial charge on any atom is -0.616 e. The summed E-state index contributed by atoms with van der Waals surface area (Å²) in [5.41, 5.74) is 7.49. The highest BCUT2D eigenvalue weighted by molar-refractivity contribution is 7.91. The van der Waals surface area contributed by atoms with Crippen LogP contribution in [0.25, 0.3) is 44.3 Å². The van der Waals surface area contributed by atoms with Crippen LogP contribution in [-0.2, 0) is 17.7 Å². The SMILES string of the molecule is Cc1c(-c2ccc(N(N)/C=N\N)cc2)c(=O)[nH]c2cnc3[nH]c(-c4ccc(CN5CCC([S+](C)[O-])CC5)cc4)cc3c12. The van der Waals surface area contributed by atoms with Gasteiger partial charge in [0.05, 0.1) is 29.2 Å². The predicted octanol–water partition coefficient (Wildman–Crippen LogP) is 3.97. The van der Waals surface area contributed by atoms with E-state index in [2.05, 4.69) is 55.3 Å². The molecule has 1 aliphatic rings. The molecule has 3 aromatic heterocycles. The van der Waals surface area contributed by atoms with Crippen molar-refractivity contribution in [3.05, 3.63) is 82.3 Å². The number of hydrazone groups is 1. The van der Waals surface area contributed by atoms with Crippen LogP contribution in [-0.4, -0.2) is 55.3 Å². The topological polar surface area (TPSA) is 155 Å². The zero-order chi connectivity index (χ0) is 29.4. The van der Waals surface area contributed by atoms with Gasteiger partial charge in [0.15, 0.2) is 0 Å². The normalized spacial score (nSPS) is 15.6. The number of benzene rings is 2. The molecular weight excluding hydrogens is 548 g/mol. The number of hydrazine groups is 1. The maximum Gasteiger partial charge on any atom is 0.256 e. The molecule has 2 aromatic carbocycles. The first-order chi connectivity index (χ1) is 20.3. The Balaban J connectivity index is 1.29. The molecule has 0 spiro atoms. The largest absolute Gasteiger partial charge is 0.616 e. The quantitative estimate of drug-likeness (QED) is 0.0744. The van der Waals surface area contributed by atoms with Gasteiger partial charge in [-0.1, -0.05) is 47.6 Å². The molecular formula is C31H34N8O2S. The summed E-state index contributed by atoms with van der Waals surface area (Å²) in [5, 5.41) is 6.97. The van der Waals surface area contributed by atoms with Crippen molar-refractivity contribution in [2.45, 2.75) is 31.6 Å². The number of anilines is 1. The van der Waals surface area contributed by atoms with Crippen molar-refractivity contribution < 1.29 is 4.55 Å². The van der Waals surface area contributed by atoms with Gasteiger partial charge in [-0.15, -0.1) is 0 Å².